The monoisotopic (exact) mass is 360 g/mol. The van der Waals surface area contributed by atoms with E-state index in [0.29, 0.717) is 24.7 Å². The summed E-state index contributed by atoms with van der Waals surface area (Å²) in [7, 11) is 3.63. The molecule has 1 heterocycles. The fourth-order valence-electron chi connectivity index (χ4n) is 2.47. The summed E-state index contributed by atoms with van der Waals surface area (Å²) >= 11 is 0. The smallest absolute Gasteiger partial charge is 0.405 e. The van der Waals surface area contributed by atoms with E-state index in [9.17, 15) is 13.2 Å². The molecule has 1 aromatic rings. The summed E-state index contributed by atoms with van der Waals surface area (Å²) in [5, 5.41) is 6.11. The summed E-state index contributed by atoms with van der Waals surface area (Å²) in [6, 6.07) is 6.00. The Morgan fingerprint density at radius 2 is 2.12 bits per heavy atom. The van der Waals surface area contributed by atoms with Crippen LogP contribution in [-0.4, -0.2) is 63.7 Å². The van der Waals surface area contributed by atoms with Gasteiger partial charge in [0, 0.05) is 38.8 Å². The summed E-state index contributed by atoms with van der Waals surface area (Å²) in [6.07, 6.45) is -4.68. The van der Waals surface area contributed by atoms with Crippen LogP contribution in [0.25, 0.3) is 0 Å². The quantitative estimate of drug-likeness (QED) is 0.617. The number of likely N-dealkylation sites (N-methyl/N-ethyl adjacent to an activating group) is 1. The van der Waals surface area contributed by atoms with Crippen LogP contribution in [0.1, 0.15) is 5.56 Å². The molecule has 1 aromatic carbocycles. The van der Waals surface area contributed by atoms with E-state index < -0.39 is 6.36 Å². The van der Waals surface area contributed by atoms with Gasteiger partial charge in [-0.3, -0.25) is 4.99 Å². The molecule has 25 heavy (non-hydrogen) atoms. The number of para-hydroxylation sites is 1. The van der Waals surface area contributed by atoms with Crippen LogP contribution in [0.5, 0.6) is 5.75 Å². The highest BCUT2D eigenvalue weighted by molar-refractivity contribution is 5.79. The number of morpholine rings is 1. The summed E-state index contributed by atoms with van der Waals surface area (Å²) in [5.74, 6) is 0.258. The van der Waals surface area contributed by atoms with E-state index in [2.05, 4.69) is 25.3 Å². The van der Waals surface area contributed by atoms with Crippen LogP contribution in [-0.2, 0) is 11.3 Å². The Kier molecular flexibility index (Phi) is 6.89. The van der Waals surface area contributed by atoms with Gasteiger partial charge in [-0.05, 0) is 13.1 Å². The first kappa shape index (κ1) is 19.3. The molecule has 0 amide bonds. The van der Waals surface area contributed by atoms with Gasteiger partial charge in [0.1, 0.15) is 5.75 Å². The molecule has 0 bridgehead atoms. The number of ether oxygens (including phenoxy) is 2. The third kappa shape index (κ3) is 6.79. The lowest BCUT2D eigenvalue weighted by molar-refractivity contribution is -0.274. The minimum atomic E-state index is -4.72. The van der Waals surface area contributed by atoms with Crippen LogP contribution in [0, 0.1) is 0 Å². The number of aliphatic imine (C=N–C) groups is 1. The van der Waals surface area contributed by atoms with Crippen LogP contribution < -0.4 is 15.4 Å². The maximum Gasteiger partial charge on any atom is 0.573 e. The van der Waals surface area contributed by atoms with E-state index in [1.807, 2.05) is 7.05 Å². The van der Waals surface area contributed by atoms with Crippen molar-refractivity contribution in [1.29, 1.82) is 0 Å². The normalized spacial score (nSPS) is 19.6. The third-order valence-corrected chi connectivity index (χ3v) is 3.71. The molecule has 0 aromatic heterocycles. The largest absolute Gasteiger partial charge is 0.573 e. The second-order valence-corrected chi connectivity index (χ2v) is 5.72. The van der Waals surface area contributed by atoms with Crippen molar-refractivity contribution in [2.45, 2.75) is 19.0 Å². The molecule has 1 aliphatic rings. The Morgan fingerprint density at radius 1 is 1.36 bits per heavy atom. The van der Waals surface area contributed by atoms with Crippen LogP contribution in [0.3, 0.4) is 0 Å². The first-order valence-electron chi connectivity index (χ1n) is 7.95. The van der Waals surface area contributed by atoms with Gasteiger partial charge in [0.2, 0.25) is 0 Å². The maximum absolute atomic E-state index is 12.4. The molecule has 1 aliphatic heterocycles. The molecule has 0 radical (unpaired) electrons. The fraction of sp³-hybridized carbons (Fsp3) is 0.562. The molecule has 1 atom stereocenters. The summed E-state index contributed by atoms with van der Waals surface area (Å²) in [5.41, 5.74) is 0.386. The minimum absolute atomic E-state index is 0.0400. The highest BCUT2D eigenvalue weighted by Gasteiger charge is 2.31. The molecule has 1 unspecified atom stereocenters. The van der Waals surface area contributed by atoms with Crippen LogP contribution in [0.4, 0.5) is 13.2 Å². The Balaban J connectivity index is 1.86. The SMILES string of the molecule is CN=C(NCc1ccccc1OC(F)(F)F)NCC1CN(C)CCO1. The summed E-state index contributed by atoms with van der Waals surface area (Å²) in [4.78, 5) is 6.25. The lowest BCUT2D eigenvalue weighted by atomic mass is 10.2. The Bertz CT molecular complexity index is 581. The molecule has 2 N–H and O–H groups in total. The highest BCUT2D eigenvalue weighted by Crippen LogP contribution is 2.25. The number of guanidine groups is 1. The molecule has 9 heteroatoms. The zero-order chi connectivity index (χ0) is 18.3. The number of rotatable bonds is 5. The number of alkyl halides is 3. The standard InChI is InChI=1S/C16H23F3N4O2/c1-20-15(22-10-13-11-23(2)7-8-24-13)21-9-12-5-3-4-6-14(12)25-16(17,18)19/h3-6,13H,7-11H2,1-2H3,(H2,20,21,22). The Morgan fingerprint density at radius 3 is 2.80 bits per heavy atom. The molecule has 140 valence electrons. The molecule has 0 aliphatic carbocycles. The van der Waals surface area contributed by atoms with E-state index in [1.165, 1.54) is 12.1 Å². The first-order chi connectivity index (χ1) is 11.9. The van der Waals surface area contributed by atoms with E-state index >= 15 is 0 Å². The number of benzene rings is 1. The fourth-order valence-corrected chi connectivity index (χ4v) is 2.47. The van der Waals surface area contributed by atoms with Gasteiger partial charge >= 0.3 is 6.36 Å². The van der Waals surface area contributed by atoms with Gasteiger partial charge < -0.3 is 25.0 Å². The number of nitrogens with zero attached hydrogens (tertiary/aromatic N) is 2. The molecule has 6 nitrogen and oxygen atoms in total. The molecule has 1 fully saturated rings. The Hall–Kier alpha value is -2.00. The van der Waals surface area contributed by atoms with E-state index in [4.69, 9.17) is 4.74 Å². The van der Waals surface area contributed by atoms with E-state index in [1.54, 1.807) is 19.2 Å². The lowest BCUT2D eigenvalue weighted by Crippen LogP contribution is -2.48. The van der Waals surface area contributed by atoms with Crippen molar-refractivity contribution in [1.82, 2.24) is 15.5 Å². The lowest BCUT2D eigenvalue weighted by Gasteiger charge is -2.30. The van der Waals surface area contributed by atoms with E-state index in [-0.39, 0.29) is 18.4 Å². The van der Waals surface area contributed by atoms with E-state index in [0.717, 1.165) is 13.1 Å². The van der Waals surface area contributed by atoms with Crippen molar-refractivity contribution in [2.75, 3.05) is 40.3 Å². The number of hydrogen-bond donors (Lipinski definition) is 2. The average molecular weight is 360 g/mol. The maximum atomic E-state index is 12.4. The first-order valence-corrected chi connectivity index (χ1v) is 7.95. The third-order valence-electron chi connectivity index (χ3n) is 3.71. The summed E-state index contributed by atoms with van der Waals surface area (Å²) < 4.78 is 47.0. The van der Waals surface area contributed by atoms with Crippen molar-refractivity contribution in [3.63, 3.8) is 0 Å². The highest BCUT2D eigenvalue weighted by atomic mass is 19.4. The van der Waals surface area contributed by atoms with Gasteiger partial charge in [-0.2, -0.15) is 0 Å². The Labute approximate surface area is 145 Å². The number of hydrogen-bond acceptors (Lipinski definition) is 4. The summed E-state index contributed by atoms with van der Waals surface area (Å²) in [6.45, 7) is 3.10. The number of halogens is 3. The van der Waals surface area contributed by atoms with Gasteiger partial charge in [-0.1, -0.05) is 18.2 Å². The predicted octanol–water partition coefficient (Wildman–Crippen LogP) is 1.58. The predicted molar refractivity (Wildman–Crippen MR) is 88.6 cm³/mol. The second-order valence-electron chi connectivity index (χ2n) is 5.72. The molecule has 0 saturated carbocycles. The van der Waals surface area contributed by atoms with Gasteiger partial charge in [-0.15, -0.1) is 13.2 Å². The number of nitrogens with one attached hydrogen (secondary N) is 2. The van der Waals surface area contributed by atoms with Gasteiger partial charge in [0.15, 0.2) is 5.96 Å². The molecule has 2 rings (SSSR count). The van der Waals surface area contributed by atoms with Gasteiger partial charge in [0.05, 0.1) is 12.7 Å². The van der Waals surface area contributed by atoms with Crippen molar-refractivity contribution < 1.29 is 22.6 Å². The van der Waals surface area contributed by atoms with Crippen molar-refractivity contribution in [2.24, 2.45) is 4.99 Å². The van der Waals surface area contributed by atoms with Gasteiger partial charge in [-0.25, -0.2) is 0 Å². The molecular formula is C16H23F3N4O2. The van der Waals surface area contributed by atoms with Crippen molar-refractivity contribution in [3.05, 3.63) is 29.8 Å². The van der Waals surface area contributed by atoms with Crippen LogP contribution in [0.2, 0.25) is 0 Å². The van der Waals surface area contributed by atoms with Crippen LogP contribution in [0.15, 0.2) is 29.3 Å². The molecule has 0 spiro atoms. The molecular weight excluding hydrogens is 337 g/mol. The average Bonchev–Trinajstić information content (AvgIpc) is 2.55. The van der Waals surface area contributed by atoms with Crippen molar-refractivity contribution in [3.8, 4) is 5.75 Å². The minimum Gasteiger partial charge on any atom is -0.405 e. The van der Waals surface area contributed by atoms with Gasteiger partial charge in [0.25, 0.3) is 0 Å². The topological polar surface area (TPSA) is 58.1 Å². The van der Waals surface area contributed by atoms with Crippen LogP contribution >= 0.6 is 0 Å². The second kappa shape index (κ2) is 8.91. The zero-order valence-corrected chi connectivity index (χ0v) is 14.3. The molecule has 1 saturated heterocycles. The van der Waals surface area contributed by atoms with Crippen molar-refractivity contribution >= 4 is 5.96 Å². The zero-order valence-electron chi connectivity index (χ0n) is 14.3.